The van der Waals surface area contributed by atoms with E-state index in [1.54, 1.807) is 10.3 Å². The van der Waals surface area contributed by atoms with Gasteiger partial charge in [-0.1, -0.05) is 0 Å². The van der Waals surface area contributed by atoms with Gasteiger partial charge in [-0.25, -0.2) is 13.8 Å². The van der Waals surface area contributed by atoms with Crippen molar-refractivity contribution < 1.29 is 41.4 Å². The zero-order chi connectivity index (χ0) is 28.0. The maximum Gasteiger partial charge on any atom is 0.425 e. The number of aromatic nitrogens is 2. The Morgan fingerprint density at radius 2 is 1.55 bits per heavy atom. The quantitative estimate of drug-likeness (QED) is 0.407. The van der Waals surface area contributed by atoms with Crippen LogP contribution in [0.5, 0.6) is 17.2 Å². The first kappa shape index (κ1) is 26.2. The Bertz CT molecular complexity index is 1540. The van der Waals surface area contributed by atoms with Crippen molar-refractivity contribution in [1.82, 2.24) is 14.9 Å². The van der Waals surface area contributed by atoms with Crippen LogP contribution in [0.3, 0.4) is 0 Å². The summed E-state index contributed by atoms with van der Waals surface area (Å²) < 4.78 is 73.3. The molecule has 1 aliphatic heterocycles. The number of aromatic amines is 1. The van der Waals surface area contributed by atoms with Crippen LogP contribution >= 0.6 is 0 Å². The fourth-order valence-corrected chi connectivity index (χ4v) is 4.07. The smallest absolute Gasteiger partial charge is 0.425 e. The van der Waals surface area contributed by atoms with Gasteiger partial charge in [0, 0.05) is 5.56 Å². The molecule has 15 heteroatoms. The van der Waals surface area contributed by atoms with Crippen LogP contribution in [0.4, 0.5) is 23.4 Å². The highest BCUT2D eigenvalue weighted by molar-refractivity contribution is 6.09. The third kappa shape index (κ3) is 3.91. The van der Waals surface area contributed by atoms with Gasteiger partial charge in [-0.05, 0) is 36.4 Å². The molecule has 38 heavy (non-hydrogen) atoms. The van der Waals surface area contributed by atoms with E-state index in [1.165, 1.54) is 21.3 Å². The van der Waals surface area contributed by atoms with Crippen molar-refractivity contribution in [1.29, 1.82) is 0 Å². The molecule has 3 N–H and O–H groups in total. The van der Waals surface area contributed by atoms with Crippen molar-refractivity contribution in [3.8, 4) is 22.9 Å². The molecular formula is C23H18F4N4O7. The van der Waals surface area contributed by atoms with E-state index in [2.05, 4.69) is 0 Å². The van der Waals surface area contributed by atoms with Gasteiger partial charge in [-0.3, -0.25) is 19.4 Å². The number of hydrogen-bond donors (Lipinski definition) is 3. The number of alkyl halides is 3. The average molecular weight is 538 g/mol. The summed E-state index contributed by atoms with van der Waals surface area (Å²) in [5.74, 6) is -4.96. The number of benzene rings is 2. The number of ether oxygens (including phenoxy) is 3. The van der Waals surface area contributed by atoms with Gasteiger partial charge >= 0.3 is 11.9 Å². The Kier molecular flexibility index (Phi) is 6.38. The lowest BCUT2D eigenvalue weighted by Gasteiger charge is -2.30. The van der Waals surface area contributed by atoms with E-state index >= 15 is 0 Å². The third-order valence-electron chi connectivity index (χ3n) is 5.80. The Hall–Kier alpha value is -4.82. The Balaban J connectivity index is 1.94. The summed E-state index contributed by atoms with van der Waals surface area (Å²) in [6.07, 6.45) is -5.57. The van der Waals surface area contributed by atoms with E-state index in [4.69, 9.17) is 14.2 Å². The molecule has 1 aromatic heterocycles. The number of methoxy groups -OCH3 is 3. The van der Waals surface area contributed by atoms with E-state index < -0.39 is 57.5 Å². The first-order valence-electron chi connectivity index (χ1n) is 10.6. The molecule has 0 aliphatic carbocycles. The molecule has 1 aliphatic rings. The predicted molar refractivity (Wildman–Crippen MR) is 123 cm³/mol. The first-order valence-corrected chi connectivity index (χ1v) is 10.6. The third-order valence-corrected chi connectivity index (χ3v) is 5.80. The van der Waals surface area contributed by atoms with Crippen LogP contribution in [0.25, 0.3) is 5.69 Å². The van der Waals surface area contributed by atoms with Crippen LogP contribution in [0.2, 0.25) is 0 Å². The number of hydrogen-bond acceptors (Lipinski definition) is 7. The highest BCUT2D eigenvalue weighted by atomic mass is 19.4. The summed E-state index contributed by atoms with van der Waals surface area (Å²) in [5.41, 5.74) is -8.60. The molecule has 4 rings (SSSR count). The normalized spacial score (nSPS) is 16.4. The molecule has 200 valence electrons. The second-order valence-electron chi connectivity index (χ2n) is 7.86. The van der Waals surface area contributed by atoms with Crippen LogP contribution in [0.15, 0.2) is 46.0 Å². The largest absolute Gasteiger partial charge is 0.493 e. The van der Waals surface area contributed by atoms with Crippen molar-refractivity contribution in [2.75, 3.05) is 26.6 Å². The number of carbonyl (C=O) groups is 2. The highest BCUT2D eigenvalue weighted by Crippen LogP contribution is 2.46. The predicted octanol–water partition coefficient (Wildman–Crippen LogP) is 1.83. The number of nitrogens with one attached hydrogen (secondary N) is 3. The number of anilines is 1. The highest BCUT2D eigenvalue weighted by Gasteiger charge is 2.68. The molecular weight excluding hydrogens is 520 g/mol. The van der Waals surface area contributed by atoms with Gasteiger partial charge in [-0.15, -0.1) is 0 Å². The SMILES string of the molecule is COc1cc(C(=O)N[C@@]2(C(F)(F)F)C(=O)Nc3c2c(=O)[nH]c(=O)n3-c2ccc(F)cc2)cc(OC)c1OC. The van der Waals surface area contributed by atoms with E-state index in [1.807, 2.05) is 5.32 Å². The molecule has 11 nitrogen and oxygen atoms in total. The Morgan fingerprint density at radius 1 is 0.974 bits per heavy atom. The zero-order valence-corrected chi connectivity index (χ0v) is 19.8. The fourth-order valence-electron chi connectivity index (χ4n) is 4.07. The minimum Gasteiger partial charge on any atom is -0.493 e. The van der Waals surface area contributed by atoms with Gasteiger partial charge in [0.2, 0.25) is 5.75 Å². The zero-order valence-electron chi connectivity index (χ0n) is 19.8. The lowest BCUT2D eigenvalue weighted by Crippen LogP contribution is -2.62. The Labute approximate surface area is 209 Å². The minimum atomic E-state index is -5.57. The maximum atomic E-state index is 14.7. The van der Waals surface area contributed by atoms with Crippen LogP contribution < -0.4 is 36.1 Å². The molecule has 2 aromatic carbocycles. The second kappa shape index (κ2) is 9.24. The van der Waals surface area contributed by atoms with Gasteiger partial charge in [0.15, 0.2) is 11.5 Å². The van der Waals surface area contributed by atoms with E-state index in [-0.39, 0.29) is 22.9 Å². The lowest BCUT2D eigenvalue weighted by atomic mass is 9.91. The second-order valence-corrected chi connectivity index (χ2v) is 7.86. The number of amides is 2. The van der Waals surface area contributed by atoms with Gasteiger partial charge in [-0.2, -0.15) is 13.2 Å². The van der Waals surface area contributed by atoms with E-state index in [9.17, 15) is 36.7 Å². The lowest BCUT2D eigenvalue weighted by molar-refractivity contribution is -0.196. The van der Waals surface area contributed by atoms with E-state index in [0.29, 0.717) is 4.57 Å². The standard InChI is InChI=1S/C23H18F4N4O7/c1-36-13-8-10(9-14(37-2)16(13)38-3)18(32)30-22(23(25,26)27)15-17(28-20(22)34)31(21(35)29-19(15)33)12-6-4-11(24)5-7-12/h4-9H,1-3H3,(H,28,34)(H,30,32)(H,29,33,35)/t22-/m1/s1. The number of halogens is 4. The van der Waals surface area contributed by atoms with Gasteiger partial charge < -0.3 is 24.8 Å². The molecule has 0 spiro atoms. The van der Waals surface area contributed by atoms with Crippen LogP contribution in [-0.2, 0) is 10.3 Å². The fraction of sp³-hybridized carbons (Fsp3) is 0.217. The molecule has 0 bridgehead atoms. The van der Waals surface area contributed by atoms with Gasteiger partial charge in [0.1, 0.15) is 17.2 Å². The van der Waals surface area contributed by atoms with Crippen molar-refractivity contribution in [3.05, 3.63) is 74.2 Å². The van der Waals surface area contributed by atoms with Crippen molar-refractivity contribution >= 4 is 17.6 Å². The minimum absolute atomic E-state index is 0.0424. The molecule has 0 saturated carbocycles. The van der Waals surface area contributed by atoms with Gasteiger partial charge in [0.05, 0.1) is 27.0 Å². The molecule has 0 unspecified atom stereocenters. The number of carbonyl (C=O) groups excluding carboxylic acids is 2. The molecule has 0 saturated heterocycles. The number of H-pyrrole nitrogens is 1. The molecule has 2 heterocycles. The van der Waals surface area contributed by atoms with Crippen molar-refractivity contribution in [3.63, 3.8) is 0 Å². The first-order chi connectivity index (χ1) is 17.9. The van der Waals surface area contributed by atoms with Crippen LogP contribution in [0, 0.1) is 5.82 Å². The summed E-state index contributed by atoms with van der Waals surface area (Å²) in [6, 6.07) is 6.00. The van der Waals surface area contributed by atoms with Crippen molar-refractivity contribution in [2.24, 2.45) is 0 Å². The number of nitrogens with zero attached hydrogens (tertiary/aromatic N) is 1. The summed E-state index contributed by atoms with van der Waals surface area (Å²) >= 11 is 0. The van der Waals surface area contributed by atoms with Crippen LogP contribution in [0.1, 0.15) is 15.9 Å². The number of fused-ring (bicyclic) bond motifs is 1. The Morgan fingerprint density at radius 3 is 2.05 bits per heavy atom. The molecule has 3 aromatic rings. The summed E-state index contributed by atoms with van der Waals surface area (Å²) in [7, 11) is 3.70. The molecule has 0 fully saturated rings. The molecule has 0 radical (unpaired) electrons. The monoisotopic (exact) mass is 538 g/mol. The maximum absolute atomic E-state index is 14.7. The molecule has 2 amide bonds. The summed E-state index contributed by atoms with van der Waals surface area (Å²) in [4.78, 5) is 53.1. The topological polar surface area (TPSA) is 141 Å². The van der Waals surface area contributed by atoms with Crippen molar-refractivity contribution in [2.45, 2.75) is 11.7 Å². The molecule has 1 atom stereocenters. The van der Waals surface area contributed by atoms with Crippen LogP contribution in [-0.4, -0.2) is 48.9 Å². The average Bonchev–Trinajstić information content (AvgIpc) is 3.16. The summed E-state index contributed by atoms with van der Waals surface area (Å²) in [6.45, 7) is 0. The van der Waals surface area contributed by atoms with Gasteiger partial charge in [0.25, 0.3) is 22.9 Å². The number of rotatable bonds is 6. The summed E-state index contributed by atoms with van der Waals surface area (Å²) in [5, 5.41) is 3.50. The van der Waals surface area contributed by atoms with E-state index in [0.717, 1.165) is 36.4 Å².